The predicted octanol–water partition coefficient (Wildman–Crippen LogP) is 2.55. The van der Waals surface area contributed by atoms with Crippen LogP contribution in [0.3, 0.4) is 0 Å². The van der Waals surface area contributed by atoms with E-state index in [2.05, 4.69) is 0 Å². The van der Waals surface area contributed by atoms with Crippen LogP contribution in [0.15, 0.2) is 0 Å². The summed E-state index contributed by atoms with van der Waals surface area (Å²) in [5.74, 6) is -1.66. The van der Waals surface area contributed by atoms with Crippen molar-refractivity contribution in [3.05, 3.63) is 0 Å². The molecule has 3 nitrogen and oxygen atoms in total. The van der Waals surface area contributed by atoms with E-state index in [9.17, 15) is 18.0 Å². The van der Waals surface area contributed by atoms with E-state index < -0.39 is 18.1 Å². The number of hydrogen-bond donors (Lipinski definition) is 1. The zero-order valence-corrected chi connectivity index (χ0v) is 11.5. The minimum atomic E-state index is -4.27. The first kappa shape index (κ1) is 16.3. The van der Waals surface area contributed by atoms with Crippen LogP contribution in [0, 0.1) is 11.8 Å². The lowest BCUT2D eigenvalue weighted by atomic mass is 9.95. The number of halogens is 3. The molecule has 1 aliphatic rings. The molecule has 3 unspecified atom stereocenters. The van der Waals surface area contributed by atoms with Crippen LogP contribution in [0.25, 0.3) is 0 Å². The van der Waals surface area contributed by atoms with E-state index in [1.54, 1.807) is 4.90 Å². The Labute approximate surface area is 112 Å². The first-order valence-corrected chi connectivity index (χ1v) is 6.88. The van der Waals surface area contributed by atoms with Crippen molar-refractivity contribution in [3.63, 3.8) is 0 Å². The molecule has 19 heavy (non-hydrogen) atoms. The Morgan fingerprint density at radius 3 is 2.47 bits per heavy atom. The van der Waals surface area contributed by atoms with Gasteiger partial charge < -0.3 is 10.6 Å². The van der Waals surface area contributed by atoms with Crippen LogP contribution in [0.4, 0.5) is 13.2 Å². The number of carbonyl (C=O) groups is 1. The Kier molecular flexibility index (Phi) is 5.64. The minimum absolute atomic E-state index is 0.0446. The van der Waals surface area contributed by atoms with Gasteiger partial charge in [-0.15, -0.1) is 0 Å². The molecular weight excluding hydrogens is 257 g/mol. The topological polar surface area (TPSA) is 46.3 Å². The maximum absolute atomic E-state index is 12.8. The maximum atomic E-state index is 12.8. The van der Waals surface area contributed by atoms with Gasteiger partial charge in [0, 0.05) is 25.0 Å². The molecule has 1 heterocycles. The number of nitrogens with zero attached hydrogens (tertiary/aromatic N) is 1. The van der Waals surface area contributed by atoms with Gasteiger partial charge in [-0.3, -0.25) is 4.79 Å². The van der Waals surface area contributed by atoms with Gasteiger partial charge in [-0.2, -0.15) is 13.2 Å². The lowest BCUT2D eigenvalue weighted by Crippen LogP contribution is -2.39. The Morgan fingerprint density at radius 1 is 1.37 bits per heavy atom. The summed E-state index contributed by atoms with van der Waals surface area (Å²) < 4.78 is 38.4. The zero-order valence-electron chi connectivity index (χ0n) is 11.5. The van der Waals surface area contributed by atoms with Gasteiger partial charge in [-0.05, 0) is 19.3 Å². The quantitative estimate of drug-likeness (QED) is 0.863. The Balaban J connectivity index is 2.65. The highest BCUT2D eigenvalue weighted by Gasteiger charge is 2.44. The number of likely N-dealkylation sites (tertiary alicyclic amines) is 1. The van der Waals surface area contributed by atoms with Gasteiger partial charge in [-0.1, -0.05) is 20.3 Å². The van der Waals surface area contributed by atoms with Crippen LogP contribution in [-0.2, 0) is 4.79 Å². The van der Waals surface area contributed by atoms with E-state index in [0.29, 0.717) is 6.54 Å². The molecule has 112 valence electrons. The van der Waals surface area contributed by atoms with Crippen molar-refractivity contribution in [2.75, 3.05) is 13.1 Å². The summed E-state index contributed by atoms with van der Waals surface area (Å²) >= 11 is 0. The van der Waals surface area contributed by atoms with E-state index in [1.165, 1.54) is 0 Å². The molecule has 3 atom stereocenters. The van der Waals surface area contributed by atoms with Crippen molar-refractivity contribution >= 4 is 5.91 Å². The molecule has 1 aliphatic heterocycles. The summed E-state index contributed by atoms with van der Waals surface area (Å²) in [6.07, 6.45) is -2.48. The third-order valence-corrected chi connectivity index (χ3v) is 3.83. The molecule has 1 amide bonds. The molecule has 0 bridgehead atoms. The number of nitrogens with two attached hydrogens (primary N) is 1. The predicted molar refractivity (Wildman–Crippen MR) is 67.4 cm³/mol. The van der Waals surface area contributed by atoms with E-state index >= 15 is 0 Å². The molecule has 6 heteroatoms. The Morgan fingerprint density at radius 2 is 1.95 bits per heavy atom. The average Bonchev–Trinajstić information content (AvgIpc) is 2.50. The summed E-state index contributed by atoms with van der Waals surface area (Å²) in [5.41, 5.74) is 5.60. The van der Waals surface area contributed by atoms with Crippen molar-refractivity contribution in [2.24, 2.45) is 17.6 Å². The van der Waals surface area contributed by atoms with Crippen LogP contribution in [-0.4, -0.2) is 36.1 Å². The van der Waals surface area contributed by atoms with Gasteiger partial charge in [-0.25, -0.2) is 0 Å². The van der Waals surface area contributed by atoms with Crippen LogP contribution in [0.2, 0.25) is 0 Å². The number of rotatable bonds is 3. The third-order valence-electron chi connectivity index (χ3n) is 3.83. The third kappa shape index (κ3) is 4.37. The molecule has 0 aromatic heterocycles. The summed E-state index contributed by atoms with van der Waals surface area (Å²) in [6.45, 7) is 4.31. The van der Waals surface area contributed by atoms with Gasteiger partial charge in [0.1, 0.15) is 0 Å². The molecule has 1 rings (SSSR count). The van der Waals surface area contributed by atoms with E-state index in [1.807, 2.05) is 13.8 Å². The van der Waals surface area contributed by atoms with Crippen molar-refractivity contribution in [1.82, 2.24) is 4.90 Å². The van der Waals surface area contributed by atoms with Gasteiger partial charge in [0.05, 0.1) is 5.92 Å². The van der Waals surface area contributed by atoms with Gasteiger partial charge in [0.25, 0.3) is 0 Å². The fourth-order valence-corrected chi connectivity index (χ4v) is 2.62. The summed E-state index contributed by atoms with van der Waals surface area (Å²) in [6, 6.07) is -0.903. The normalized spacial score (nSPS) is 26.9. The van der Waals surface area contributed by atoms with Crippen LogP contribution in [0.5, 0.6) is 0 Å². The molecule has 0 spiro atoms. The van der Waals surface area contributed by atoms with E-state index in [4.69, 9.17) is 5.73 Å². The smallest absolute Gasteiger partial charge is 0.342 e. The van der Waals surface area contributed by atoms with Crippen LogP contribution in [0.1, 0.15) is 39.5 Å². The van der Waals surface area contributed by atoms with Crippen molar-refractivity contribution < 1.29 is 18.0 Å². The fraction of sp³-hybridized carbons (Fsp3) is 0.923. The van der Waals surface area contributed by atoms with Crippen LogP contribution >= 0.6 is 0 Å². The number of alkyl halides is 3. The standard InChI is InChI=1S/C13H23F3N2O/c1-3-4-9(2)12(19)18-7-5-10(13(14,15)16)11(17)6-8-18/h9-11H,3-8,17H2,1-2H3. The van der Waals surface area contributed by atoms with Gasteiger partial charge in [0.15, 0.2) is 0 Å². The lowest BCUT2D eigenvalue weighted by Gasteiger charge is -2.24. The summed E-state index contributed by atoms with van der Waals surface area (Å²) in [5, 5.41) is 0. The highest BCUT2D eigenvalue weighted by atomic mass is 19.4. The van der Waals surface area contributed by atoms with Crippen molar-refractivity contribution in [2.45, 2.75) is 51.7 Å². The molecule has 0 aromatic carbocycles. The highest BCUT2D eigenvalue weighted by Crippen LogP contribution is 2.33. The van der Waals surface area contributed by atoms with Crippen molar-refractivity contribution in [3.8, 4) is 0 Å². The second kappa shape index (κ2) is 6.59. The number of hydrogen-bond acceptors (Lipinski definition) is 2. The summed E-state index contributed by atoms with van der Waals surface area (Å²) in [7, 11) is 0. The fourth-order valence-electron chi connectivity index (χ4n) is 2.62. The monoisotopic (exact) mass is 280 g/mol. The summed E-state index contributed by atoms with van der Waals surface area (Å²) in [4.78, 5) is 13.7. The van der Waals surface area contributed by atoms with Crippen LogP contribution < -0.4 is 5.73 Å². The molecule has 0 saturated carbocycles. The lowest BCUT2D eigenvalue weighted by molar-refractivity contribution is -0.181. The molecule has 0 aliphatic carbocycles. The number of carbonyl (C=O) groups excluding carboxylic acids is 1. The van der Waals surface area contributed by atoms with Crippen molar-refractivity contribution in [1.29, 1.82) is 0 Å². The Hall–Kier alpha value is -0.780. The highest BCUT2D eigenvalue weighted by molar-refractivity contribution is 5.78. The Bertz CT molecular complexity index is 307. The zero-order chi connectivity index (χ0) is 14.6. The average molecular weight is 280 g/mol. The molecule has 0 aromatic rings. The molecule has 1 fully saturated rings. The second-order valence-corrected chi connectivity index (χ2v) is 5.40. The molecule has 2 N–H and O–H groups in total. The van der Waals surface area contributed by atoms with Gasteiger partial charge >= 0.3 is 6.18 Å². The maximum Gasteiger partial charge on any atom is 0.393 e. The van der Waals surface area contributed by atoms with Gasteiger partial charge in [0.2, 0.25) is 5.91 Å². The molecule has 1 saturated heterocycles. The second-order valence-electron chi connectivity index (χ2n) is 5.40. The molecular formula is C13H23F3N2O. The first-order valence-electron chi connectivity index (χ1n) is 6.88. The molecule has 0 radical (unpaired) electrons. The number of amides is 1. The van der Waals surface area contributed by atoms with E-state index in [-0.39, 0.29) is 31.2 Å². The van der Waals surface area contributed by atoms with E-state index in [0.717, 1.165) is 12.8 Å². The SMILES string of the molecule is CCCC(C)C(=O)N1CCC(N)C(C(F)(F)F)CC1. The first-order chi connectivity index (χ1) is 8.77. The largest absolute Gasteiger partial charge is 0.393 e. The minimum Gasteiger partial charge on any atom is -0.342 e.